The number of carboxylic acids is 1. The molecule has 0 saturated heterocycles. The highest BCUT2D eigenvalue weighted by Gasteiger charge is 2.11. The number of aliphatic carboxylic acids is 1. The lowest BCUT2D eigenvalue weighted by Gasteiger charge is -2.02. The van der Waals surface area contributed by atoms with Crippen molar-refractivity contribution >= 4 is 5.97 Å². The van der Waals surface area contributed by atoms with Crippen LogP contribution in [0, 0.1) is 0 Å². The third kappa shape index (κ3) is 2.05. The number of rotatable bonds is 3. The fourth-order valence-corrected chi connectivity index (χ4v) is 0.721. The van der Waals surface area contributed by atoms with Crippen molar-refractivity contribution in [1.82, 2.24) is 9.97 Å². The van der Waals surface area contributed by atoms with Crippen LogP contribution in [-0.4, -0.2) is 27.1 Å². The summed E-state index contributed by atoms with van der Waals surface area (Å²) in [6.07, 6.45) is 3.34. The molecule has 0 spiro atoms. The van der Waals surface area contributed by atoms with Gasteiger partial charge in [-0.1, -0.05) is 0 Å². The molecule has 1 aromatic heterocycles. The Balaban J connectivity index is 2.50. The van der Waals surface area contributed by atoms with Gasteiger partial charge in [0.2, 0.25) is 0 Å². The Hall–Kier alpha value is -1.36. The molecule has 0 unspecified atom stereocenters. The van der Waals surface area contributed by atoms with E-state index in [1.54, 1.807) is 6.20 Å². The maximum Gasteiger partial charge on any atom is 0.320 e. The van der Waals surface area contributed by atoms with E-state index in [1.165, 1.54) is 6.33 Å². The van der Waals surface area contributed by atoms with E-state index in [9.17, 15) is 4.79 Å². The van der Waals surface area contributed by atoms with Gasteiger partial charge in [-0.05, 0) is 0 Å². The number of nitrogens with one attached hydrogen (secondary N) is 1. The van der Waals surface area contributed by atoms with E-state index >= 15 is 0 Å². The summed E-state index contributed by atoms with van der Waals surface area (Å²) in [5.74, 6) is -1.00. The number of hydrogen-bond donors (Lipinski definition) is 3. The molecule has 1 atom stereocenters. The van der Waals surface area contributed by atoms with Crippen LogP contribution >= 0.6 is 0 Å². The smallest absolute Gasteiger partial charge is 0.320 e. The lowest BCUT2D eigenvalue weighted by molar-refractivity contribution is -0.138. The minimum atomic E-state index is -1.00. The molecule has 0 aliphatic rings. The van der Waals surface area contributed by atoms with Crippen LogP contribution in [0.1, 0.15) is 5.69 Å². The Morgan fingerprint density at radius 1 is 1.91 bits per heavy atom. The van der Waals surface area contributed by atoms with Gasteiger partial charge < -0.3 is 15.8 Å². The van der Waals surface area contributed by atoms with Gasteiger partial charge in [-0.3, -0.25) is 4.79 Å². The molecule has 0 amide bonds. The zero-order valence-corrected chi connectivity index (χ0v) is 5.82. The number of hydrogen-bond acceptors (Lipinski definition) is 3. The normalized spacial score (nSPS) is 12.8. The van der Waals surface area contributed by atoms with Crippen LogP contribution in [0.25, 0.3) is 0 Å². The molecule has 5 nitrogen and oxygen atoms in total. The van der Waals surface area contributed by atoms with Gasteiger partial charge in [-0.25, -0.2) is 4.98 Å². The van der Waals surface area contributed by atoms with E-state index in [2.05, 4.69) is 9.97 Å². The van der Waals surface area contributed by atoms with Gasteiger partial charge in [0.15, 0.2) is 0 Å². The van der Waals surface area contributed by atoms with Crippen LogP contribution in [0.5, 0.6) is 0 Å². The Labute approximate surface area is 63.3 Å². The van der Waals surface area contributed by atoms with Crippen LogP contribution in [-0.2, 0) is 11.2 Å². The highest BCUT2D eigenvalue weighted by Crippen LogP contribution is 1.95. The molecule has 0 aliphatic heterocycles. The fourth-order valence-electron chi connectivity index (χ4n) is 0.721. The highest BCUT2D eigenvalue weighted by atomic mass is 16.4. The highest BCUT2D eigenvalue weighted by molar-refractivity contribution is 5.73. The zero-order chi connectivity index (χ0) is 8.27. The zero-order valence-electron chi connectivity index (χ0n) is 5.82. The topological polar surface area (TPSA) is 92.0 Å². The number of aromatic amines is 1. The molecule has 1 aromatic rings. The SMILES string of the molecule is N[C@@H](Cc1c[15n]c[nH]1)C(=O)O. The molecule has 4 N–H and O–H groups in total. The first-order valence-corrected chi connectivity index (χ1v) is 3.16. The second kappa shape index (κ2) is 3.16. The standard InChI is InChI=1S/C6H9N3O2/c7-5(6(10)11)1-4-2-8-3-9-4/h2-3,5H,1,7H2,(H,8,9)(H,10,11)/t5-/m0/s1/i8+1. The Kier molecular flexibility index (Phi) is 2.22. The number of imidazole rings is 1. The van der Waals surface area contributed by atoms with Gasteiger partial charge in [0.1, 0.15) is 6.04 Å². The molecule has 0 fully saturated rings. The van der Waals surface area contributed by atoms with Crippen molar-refractivity contribution in [3.63, 3.8) is 0 Å². The van der Waals surface area contributed by atoms with Crippen molar-refractivity contribution < 1.29 is 9.90 Å². The molecular weight excluding hydrogens is 147 g/mol. The minimum Gasteiger partial charge on any atom is -0.480 e. The Bertz CT molecular complexity index is 232. The summed E-state index contributed by atoms with van der Waals surface area (Å²) in [5, 5.41) is 8.42. The first-order valence-electron chi connectivity index (χ1n) is 3.16. The average molecular weight is 156 g/mol. The summed E-state index contributed by atoms with van der Waals surface area (Å²) in [5.41, 5.74) is 6.00. The number of carboxylic acid groups (broad SMARTS) is 1. The predicted octanol–water partition coefficient (Wildman–Crippen LogP) is -0.636. The number of nitrogens with two attached hydrogens (primary N) is 1. The molecule has 5 heteroatoms. The monoisotopic (exact) mass is 156 g/mol. The number of H-pyrrole nitrogens is 1. The van der Waals surface area contributed by atoms with Crippen LogP contribution < -0.4 is 5.73 Å². The third-order valence-electron chi connectivity index (χ3n) is 1.31. The largest absolute Gasteiger partial charge is 0.480 e. The molecule has 1 rings (SSSR count). The van der Waals surface area contributed by atoms with Crippen molar-refractivity contribution in [2.45, 2.75) is 12.5 Å². The summed E-state index contributed by atoms with van der Waals surface area (Å²) >= 11 is 0. The fraction of sp³-hybridized carbons (Fsp3) is 0.333. The van der Waals surface area contributed by atoms with E-state index in [0.717, 1.165) is 5.69 Å². The molecule has 60 valence electrons. The lowest BCUT2D eigenvalue weighted by atomic mass is 10.2. The average Bonchev–Trinajstić information content (AvgIpc) is 2.39. The van der Waals surface area contributed by atoms with Crippen molar-refractivity contribution in [3.8, 4) is 0 Å². The maximum absolute atomic E-state index is 10.3. The first kappa shape index (κ1) is 7.74. The van der Waals surface area contributed by atoms with E-state index in [4.69, 9.17) is 10.8 Å². The van der Waals surface area contributed by atoms with Gasteiger partial charge >= 0.3 is 5.97 Å². The lowest BCUT2D eigenvalue weighted by Crippen LogP contribution is -2.32. The van der Waals surface area contributed by atoms with E-state index in [-0.39, 0.29) is 6.42 Å². The molecule has 0 bridgehead atoms. The van der Waals surface area contributed by atoms with Crippen molar-refractivity contribution in [1.29, 1.82) is 0 Å². The third-order valence-corrected chi connectivity index (χ3v) is 1.31. The number of nitrogens with zero attached hydrogens (tertiary/aromatic N) is 1. The van der Waals surface area contributed by atoms with Crippen LogP contribution in [0.2, 0.25) is 0 Å². The molecule has 11 heavy (non-hydrogen) atoms. The van der Waals surface area contributed by atoms with Gasteiger partial charge in [0.05, 0.1) is 6.33 Å². The van der Waals surface area contributed by atoms with Crippen molar-refractivity contribution in [2.24, 2.45) is 5.73 Å². The van der Waals surface area contributed by atoms with Gasteiger partial charge in [-0.15, -0.1) is 0 Å². The molecule has 0 aliphatic carbocycles. The predicted molar refractivity (Wildman–Crippen MR) is 37.9 cm³/mol. The van der Waals surface area contributed by atoms with E-state index in [1.807, 2.05) is 0 Å². The van der Waals surface area contributed by atoms with Crippen LogP contribution in [0.4, 0.5) is 0 Å². The first-order chi connectivity index (χ1) is 5.20. The van der Waals surface area contributed by atoms with Gasteiger partial charge in [0.25, 0.3) is 0 Å². The van der Waals surface area contributed by atoms with Crippen LogP contribution in [0.15, 0.2) is 12.5 Å². The Morgan fingerprint density at radius 3 is 3.09 bits per heavy atom. The van der Waals surface area contributed by atoms with E-state index < -0.39 is 12.0 Å². The van der Waals surface area contributed by atoms with Crippen molar-refractivity contribution in [3.05, 3.63) is 18.2 Å². The van der Waals surface area contributed by atoms with Gasteiger partial charge in [-0.2, -0.15) is 0 Å². The molecular formula is C6H9N3O2. The summed E-state index contributed by atoms with van der Waals surface area (Å²) < 4.78 is 0. The quantitative estimate of drug-likeness (QED) is 0.543. The second-order valence-corrected chi connectivity index (χ2v) is 2.23. The number of carbonyl (C=O) groups is 1. The van der Waals surface area contributed by atoms with Crippen molar-refractivity contribution in [2.75, 3.05) is 0 Å². The summed E-state index contributed by atoms with van der Waals surface area (Å²) in [4.78, 5) is 16.8. The molecule has 0 saturated carbocycles. The second-order valence-electron chi connectivity index (χ2n) is 2.23. The van der Waals surface area contributed by atoms with Crippen LogP contribution in [0.3, 0.4) is 0 Å². The Morgan fingerprint density at radius 2 is 2.64 bits per heavy atom. The van der Waals surface area contributed by atoms with Gasteiger partial charge in [0, 0.05) is 18.3 Å². The molecule has 1 heterocycles. The molecule has 0 aromatic carbocycles. The summed E-state index contributed by atoms with van der Waals surface area (Å²) in [6, 6.07) is -0.851. The van der Waals surface area contributed by atoms with E-state index in [0.29, 0.717) is 0 Å². The summed E-state index contributed by atoms with van der Waals surface area (Å²) in [7, 11) is 0. The summed E-state index contributed by atoms with van der Waals surface area (Å²) in [6.45, 7) is 0. The molecule has 0 radical (unpaired) electrons. The maximum atomic E-state index is 10.3. The minimum absolute atomic E-state index is 0.287. The number of aromatic nitrogens is 2.